The highest BCUT2D eigenvalue weighted by molar-refractivity contribution is 5.92. The van der Waals surface area contributed by atoms with Gasteiger partial charge in [-0.05, 0) is 24.8 Å². The van der Waals surface area contributed by atoms with Gasteiger partial charge in [-0.3, -0.25) is 9.59 Å². The van der Waals surface area contributed by atoms with E-state index in [1.165, 1.54) is 23.2 Å². The number of hydrogen-bond donors (Lipinski definition) is 1. The number of amides is 1. The van der Waals surface area contributed by atoms with Gasteiger partial charge in [0.25, 0.3) is 11.5 Å². The van der Waals surface area contributed by atoms with E-state index in [-0.39, 0.29) is 17.5 Å². The Morgan fingerprint density at radius 3 is 2.89 bits per heavy atom. The monoisotopic (exact) mass is 249 g/mol. The number of carbonyl (C=O) groups is 1. The first-order valence-electron chi connectivity index (χ1n) is 6.41. The second-order valence-corrected chi connectivity index (χ2v) is 5.12. The quantitative estimate of drug-likeness (QED) is 0.853. The maximum Gasteiger partial charge on any atom is 0.271 e. The fourth-order valence-corrected chi connectivity index (χ4v) is 2.45. The third kappa shape index (κ3) is 2.97. The lowest BCUT2D eigenvalue weighted by molar-refractivity contribution is 0.0914. The van der Waals surface area contributed by atoms with Crippen LogP contribution in [0, 0.1) is 5.92 Å². The van der Waals surface area contributed by atoms with Crippen LogP contribution in [-0.4, -0.2) is 21.7 Å². The Bertz CT molecular complexity index is 495. The van der Waals surface area contributed by atoms with Crippen molar-refractivity contribution >= 4 is 5.91 Å². The molecule has 18 heavy (non-hydrogen) atoms. The summed E-state index contributed by atoms with van der Waals surface area (Å²) in [6.45, 7) is 2.21. The summed E-state index contributed by atoms with van der Waals surface area (Å²) in [7, 11) is 1.54. The summed E-state index contributed by atoms with van der Waals surface area (Å²) in [6.07, 6.45) is 4.45. The minimum absolute atomic E-state index is 0.190. The molecule has 1 aromatic rings. The van der Waals surface area contributed by atoms with E-state index in [1.54, 1.807) is 7.05 Å². The molecule has 1 N–H and O–H groups in total. The standard InChI is InChI=1S/C13H19N3O2/c1-9-4-3-5-10(8-9)14-13(18)11-6-7-12(17)16(2)15-11/h6-7,9-10H,3-5,8H2,1-2H3,(H,14,18). The molecule has 1 saturated carbocycles. The largest absolute Gasteiger partial charge is 0.348 e. The number of rotatable bonds is 2. The van der Waals surface area contributed by atoms with Crippen LogP contribution in [0.15, 0.2) is 16.9 Å². The molecule has 2 unspecified atom stereocenters. The predicted octanol–water partition coefficient (Wildman–Crippen LogP) is 1.09. The van der Waals surface area contributed by atoms with E-state index in [1.807, 2.05) is 0 Å². The van der Waals surface area contributed by atoms with Gasteiger partial charge in [-0.2, -0.15) is 5.10 Å². The maximum absolute atomic E-state index is 12.0. The Kier molecular flexibility index (Phi) is 3.79. The highest BCUT2D eigenvalue weighted by atomic mass is 16.2. The number of carbonyl (C=O) groups excluding carboxylic acids is 1. The molecular weight excluding hydrogens is 230 g/mol. The van der Waals surface area contributed by atoms with Crippen LogP contribution < -0.4 is 10.9 Å². The summed E-state index contributed by atoms with van der Waals surface area (Å²) in [5, 5.41) is 6.94. The van der Waals surface area contributed by atoms with Crippen LogP contribution in [0.5, 0.6) is 0 Å². The van der Waals surface area contributed by atoms with E-state index in [4.69, 9.17) is 0 Å². The van der Waals surface area contributed by atoms with E-state index in [0.717, 1.165) is 19.3 Å². The normalized spacial score (nSPS) is 23.7. The fourth-order valence-electron chi connectivity index (χ4n) is 2.45. The van der Waals surface area contributed by atoms with E-state index in [0.29, 0.717) is 11.6 Å². The van der Waals surface area contributed by atoms with E-state index < -0.39 is 0 Å². The summed E-state index contributed by atoms with van der Waals surface area (Å²) in [6, 6.07) is 3.08. The van der Waals surface area contributed by atoms with Gasteiger partial charge < -0.3 is 5.32 Å². The molecule has 2 rings (SSSR count). The summed E-state index contributed by atoms with van der Waals surface area (Å²) in [5.74, 6) is 0.474. The molecule has 1 amide bonds. The molecular formula is C13H19N3O2. The molecule has 5 heteroatoms. The third-order valence-electron chi connectivity index (χ3n) is 3.46. The molecule has 1 fully saturated rings. The molecule has 98 valence electrons. The zero-order valence-corrected chi connectivity index (χ0v) is 10.8. The summed E-state index contributed by atoms with van der Waals surface area (Å²) in [4.78, 5) is 23.2. The van der Waals surface area contributed by atoms with Crippen molar-refractivity contribution < 1.29 is 4.79 Å². The van der Waals surface area contributed by atoms with Crippen molar-refractivity contribution in [1.82, 2.24) is 15.1 Å². The van der Waals surface area contributed by atoms with Gasteiger partial charge in [-0.25, -0.2) is 4.68 Å². The van der Waals surface area contributed by atoms with Gasteiger partial charge in [0, 0.05) is 19.2 Å². The van der Waals surface area contributed by atoms with Gasteiger partial charge in [0.1, 0.15) is 5.69 Å². The zero-order valence-electron chi connectivity index (χ0n) is 10.8. The SMILES string of the molecule is CC1CCCC(NC(=O)c2ccc(=O)n(C)n2)C1. The summed E-state index contributed by atoms with van der Waals surface area (Å²) in [5.41, 5.74) is 0.0909. The van der Waals surface area contributed by atoms with Crippen molar-refractivity contribution in [1.29, 1.82) is 0 Å². The first kappa shape index (κ1) is 12.8. The van der Waals surface area contributed by atoms with Crippen molar-refractivity contribution in [2.75, 3.05) is 0 Å². The topological polar surface area (TPSA) is 64.0 Å². The Morgan fingerprint density at radius 2 is 2.22 bits per heavy atom. The third-order valence-corrected chi connectivity index (χ3v) is 3.46. The molecule has 0 radical (unpaired) electrons. The highest BCUT2D eigenvalue weighted by Crippen LogP contribution is 2.23. The number of aryl methyl sites for hydroxylation is 1. The molecule has 0 aliphatic heterocycles. The Labute approximate surface area is 106 Å². The minimum Gasteiger partial charge on any atom is -0.348 e. The van der Waals surface area contributed by atoms with Crippen LogP contribution in [0.1, 0.15) is 43.1 Å². The van der Waals surface area contributed by atoms with Gasteiger partial charge >= 0.3 is 0 Å². The zero-order chi connectivity index (χ0) is 13.1. The van der Waals surface area contributed by atoms with Crippen molar-refractivity contribution in [2.24, 2.45) is 13.0 Å². The Hall–Kier alpha value is -1.65. The van der Waals surface area contributed by atoms with Gasteiger partial charge in [0.2, 0.25) is 0 Å². The second-order valence-electron chi connectivity index (χ2n) is 5.12. The van der Waals surface area contributed by atoms with Crippen LogP contribution >= 0.6 is 0 Å². The molecule has 2 atom stereocenters. The van der Waals surface area contributed by atoms with Gasteiger partial charge in [-0.1, -0.05) is 19.8 Å². The molecule has 0 bridgehead atoms. The van der Waals surface area contributed by atoms with Gasteiger partial charge in [0.15, 0.2) is 0 Å². The van der Waals surface area contributed by atoms with E-state index in [9.17, 15) is 9.59 Å². The van der Waals surface area contributed by atoms with Crippen LogP contribution in [0.4, 0.5) is 0 Å². The average molecular weight is 249 g/mol. The average Bonchev–Trinajstić information content (AvgIpc) is 2.32. The molecule has 0 saturated heterocycles. The van der Waals surface area contributed by atoms with Crippen LogP contribution in [0.2, 0.25) is 0 Å². The Morgan fingerprint density at radius 1 is 1.44 bits per heavy atom. The molecule has 0 aromatic carbocycles. The van der Waals surface area contributed by atoms with Crippen molar-refractivity contribution in [3.8, 4) is 0 Å². The van der Waals surface area contributed by atoms with E-state index >= 15 is 0 Å². The lowest BCUT2D eigenvalue weighted by Gasteiger charge is -2.27. The van der Waals surface area contributed by atoms with Gasteiger partial charge in [-0.15, -0.1) is 0 Å². The number of nitrogens with one attached hydrogen (secondary N) is 1. The van der Waals surface area contributed by atoms with Crippen molar-refractivity contribution in [3.05, 3.63) is 28.2 Å². The van der Waals surface area contributed by atoms with Crippen molar-refractivity contribution in [3.63, 3.8) is 0 Å². The van der Waals surface area contributed by atoms with E-state index in [2.05, 4.69) is 17.3 Å². The predicted molar refractivity (Wildman–Crippen MR) is 68.4 cm³/mol. The second kappa shape index (κ2) is 5.33. The van der Waals surface area contributed by atoms with Crippen molar-refractivity contribution in [2.45, 2.75) is 38.6 Å². The highest BCUT2D eigenvalue weighted by Gasteiger charge is 2.21. The van der Waals surface area contributed by atoms with Crippen LogP contribution in [-0.2, 0) is 7.05 Å². The number of aromatic nitrogens is 2. The Balaban J connectivity index is 2.02. The lowest BCUT2D eigenvalue weighted by atomic mass is 9.87. The molecule has 1 aliphatic carbocycles. The molecule has 5 nitrogen and oxygen atoms in total. The van der Waals surface area contributed by atoms with Gasteiger partial charge in [0.05, 0.1) is 0 Å². The van der Waals surface area contributed by atoms with Crippen LogP contribution in [0.25, 0.3) is 0 Å². The molecule has 1 heterocycles. The summed E-state index contributed by atoms with van der Waals surface area (Å²) >= 11 is 0. The number of hydrogen-bond acceptors (Lipinski definition) is 3. The molecule has 0 spiro atoms. The van der Waals surface area contributed by atoms with Crippen LogP contribution in [0.3, 0.4) is 0 Å². The minimum atomic E-state index is -0.210. The fraction of sp³-hybridized carbons (Fsp3) is 0.615. The number of nitrogens with zero attached hydrogens (tertiary/aromatic N) is 2. The molecule has 1 aromatic heterocycles. The maximum atomic E-state index is 12.0. The molecule has 1 aliphatic rings. The summed E-state index contributed by atoms with van der Waals surface area (Å²) < 4.78 is 1.18. The first-order chi connectivity index (χ1) is 8.56. The smallest absolute Gasteiger partial charge is 0.271 e. The first-order valence-corrected chi connectivity index (χ1v) is 6.41. The lowest BCUT2D eigenvalue weighted by Crippen LogP contribution is -2.39.